The van der Waals surface area contributed by atoms with Gasteiger partial charge in [-0.15, -0.1) is 0 Å². The van der Waals surface area contributed by atoms with Crippen LogP contribution in [-0.2, 0) is 10.0 Å². The Morgan fingerprint density at radius 2 is 1.61 bits per heavy atom. The van der Waals surface area contributed by atoms with Gasteiger partial charge in [-0.1, -0.05) is 0 Å². The number of ether oxygens (including phenoxy) is 2. The molecule has 9 heteroatoms. The van der Waals surface area contributed by atoms with Gasteiger partial charge in [-0.05, 0) is 42.5 Å². The number of sulfonamides is 1. The second-order valence-electron chi connectivity index (χ2n) is 6.32. The number of benzene rings is 2. The average Bonchev–Trinajstić information content (AvgIpc) is 2.73. The molecule has 0 radical (unpaired) electrons. The first-order valence-electron chi connectivity index (χ1n) is 8.74. The van der Waals surface area contributed by atoms with Crippen molar-refractivity contribution in [2.45, 2.75) is 4.90 Å². The van der Waals surface area contributed by atoms with E-state index in [4.69, 9.17) is 15.2 Å². The average molecular weight is 405 g/mol. The molecule has 1 saturated heterocycles. The van der Waals surface area contributed by atoms with Gasteiger partial charge in [0.25, 0.3) is 5.91 Å². The summed E-state index contributed by atoms with van der Waals surface area (Å²) in [5, 5.41) is 0. The van der Waals surface area contributed by atoms with E-state index in [1.807, 2.05) is 24.3 Å². The van der Waals surface area contributed by atoms with E-state index in [2.05, 4.69) is 4.90 Å². The molecule has 3 rings (SSSR count). The third-order valence-corrected chi connectivity index (χ3v) is 6.65. The Labute approximate surface area is 164 Å². The summed E-state index contributed by atoms with van der Waals surface area (Å²) in [4.78, 5) is 13.7. The lowest BCUT2D eigenvalue weighted by atomic mass is 10.2. The minimum Gasteiger partial charge on any atom is -0.497 e. The number of nitrogens with zero attached hydrogens (tertiary/aromatic N) is 2. The standard InChI is InChI=1S/C19H23N3O5S/c1-26-15-5-3-14(4-6-15)21-9-11-22(12-10-21)28(24,25)16-7-8-18(27-2)17(13-16)19(20)23/h3-8,13H,9-12H2,1-2H3,(H2,20,23). The van der Waals surface area contributed by atoms with Gasteiger partial charge in [0.05, 0.1) is 24.7 Å². The Bertz CT molecular complexity index is 952. The van der Waals surface area contributed by atoms with Crippen LogP contribution in [0.3, 0.4) is 0 Å². The largest absolute Gasteiger partial charge is 0.497 e. The molecule has 1 amide bonds. The Morgan fingerprint density at radius 3 is 2.14 bits per heavy atom. The molecule has 1 aliphatic rings. The first-order valence-corrected chi connectivity index (χ1v) is 10.2. The molecule has 0 spiro atoms. The number of anilines is 1. The minimum atomic E-state index is -3.74. The number of methoxy groups -OCH3 is 2. The molecule has 28 heavy (non-hydrogen) atoms. The molecule has 1 fully saturated rings. The van der Waals surface area contributed by atoms with Gasteiger partial charge in [-0.2, -0.15) is 4.31 Å². The van der Waals surface area contributed by atoms with Crippen LogP contribution in [-0.4, -0.2) is 59.0 Å². The summed E-state index contributed by atoms with van der Waals surface area (Å²) in [7, 11) is -0.726. The third-order valence-electron chi connectivity index (χ3n) is 4.75. The van der Waals surface area contributed by atoms with E-state index in [1.54, 1.807) is 7.11 Å². The summed E-state index contributed by atoms with van der Waals surface area (Å²) < 4.78 is 37.6. The van der Waals surface area contributed by atoms with E-state index in [0.29, 0.717) is 26.2 Å². The smallest absolute Gasteiger partial charge is 0.252 e. The molecule has 2 aromatic carbocycles. The van der Waals surface area contributed by atoms with Crippen LogP contribution in [0.1, 0.15) is 10.4 Å². The number of carbonyl (C=O) groups excluding carboxylic acids is 1. The van der Waals surface area contributed by atoms with Crippen molar-refractivity contribution in [1.29, 1.82) is 0 Å². The molecule has 8 nitrogen and oxygen atoms in total. The highest BCUT2D eigenvalue weighted by atomic mass is 32.2. The lowest BCUT2D eigenvalue weighted by Gasteiger charge is -2.35. The quantitative estimate of drug-likeness (QED) is 0.778. The molecule has 0 unspecified atom stereocenters. The van der Waals surface area contributed by atoms with Crippen molar-refractivity contribution in [2.24, 2.45) is 5.73 Å². The second kappa shape index (κ2) is 8.07. The van der Waals surface area contributed by atoms with Crippen LogP contribution in [0.25, 0.3) is 0 Å². The van der Waals surface area contributed by atoms with Crippen molar-refractivity contribution in [2.75, 3.05) is 45.3 Å². The summed E-state index contributed by atoms with van der Waals surface area (Å²) in [5.74, 6) is 0.281. The van der Waals surface area contributed by atoms with Crippen molar-refractivity contribution in [3.63, 3.8) is 0 Å². The molecule has 2 aromatic rings. The van der Waals surface area contributed by atoms with E-state index < -0.39 is 15.9 Å². The van der Waals surface area contributed by atoms with Crippen LogP contribution in [0, 0.1) is 0 Å². The fourth-order valence-electron chi connectivity index (χ4n) is 3.17. The molecule has 0 aromatic heterocycles. The third kappa shape index (κ3) is 3.90. The van der Waals surface area contributed by atoms with Crippen molar-refractivity contribution in [1.82, 2.24) is 4.31 Å². The van der Waals surface area contributed by atoms with Crippen molar-refractivity contribution in [3.05, 3.63) is 48.0 Å². The molecule has 0 aliphatic carbocycles. The summed E-state index contributed by atoms with van der Waals surface area (Å²) >= 11 is 0. The van der Waals surface area contributed by atoms with Crippen molar-refractivity contribution >= 4 is 21.6 Å². The number of piperazine rings is 1. The first-order chi connectivity index (χ1) is 13.4. The summed E-state index contributed by atoms with van der Waals surface area (Å²) in [6.45, 7) is 1.80. The SMILES string of the molecule is COc1ccc(N2CCN(S(=O)(=O)c3ccc(OC)c(C(N)=O)c3)CC2)cc1. The number of hydrogen-bond acceptors (Lipinski definition) is 6. The zero-order valence-corrected chi connectivity index (χ0v) is 16.6. The summed E-state index contributed by atoms with van der Waals surface area (Å²) in [6.07, 6.45) is 0. The Hall–Kier alpha value is -2.78. The molecular weight excluding hydrogens is 382 g/mol. The predicted octanol–water partition coefficient (Wildman–Crippen LogP) is 1.31. The number of carbonyl (C=O) groups is 1. The predicted molar refractivity (Wildman–Crippen MR) is 105 cm³/mol. The number of amides is 1. The van der Waals surface area contributed by atoms with Crippen LogP contribution >= 0.6 is 0 Å². The Balaban J connectivity index is 1.75. The van der Waals surface area contributed by atoms with Gasteiger partial charge in [-0.25, -0.2) is 8.42 Å². The normalized spacial score (nSPS) is 15.3. The van der Waals surface area contributed by atoms with Gasteiger partial charge in [0, 0.05) is 31.9 Å². The van der Waals surface area contributed by atoms with E-state index in [9.17, 15) is 13.2 Å². The molecule has 150 valence electrons. The van der Waals surface area contributed by atoms with Crippen LogP contribution in [0.15, 0.2) is 47.4 Å². The van der Waals surface area contributed by atoms with Gasteiger partial charge in [0.1, 0.15) is 11.5 Å². The molecule has 0 bridgehead atoms. The summed E-state index contributed by atoms with van der Waals surface area (Å²) in [6, 6.07) is 11.8. The second-order valence-corrected chi connectivity index (χ2v) is 8.25. The van der Waals surface area contributed by atoms with E-state index >= 15 is 0 Å². The Morgan fingerprint density at radius 1 is 0.964 bits per heavy atom. The zero-order valence-electron chi connectivity index (χ0n) is 15.8. The first kappa shape index (κ1) is 20.0. The number of nitrogens with two attached hydrogens (primary N) is 1. The minimum absolute atomic E-state index is 0.0278. The zero-order chi connectivity index (χ0) is 20.3. The Kier molecular flexibility index (Phi) is 5.76. The maximum atomic E-state index is 13.0. The van der Waals surface area contributed by atoms with E-state index in [0.717, 1.165) is 11.4 Å². The van der Waals surface area contributed by atoms with E-state index in [1.165, 1.54) is 29.6 Å². The fraction of sp³-hybridized carbons (Fsp3) is 0.316. The van der Waals surface area contributed by atoms with E-state index in [-0.39, 0.29) is 16.2 Å². The fourth-order valence-corrected chi connectivity index (χ4v) is 4.62. The van der Waals surface area contributed by atoms with Gasteiger partial charge in [-0.3, -0.25) is 4.79 Å². The molecule has 2 N–H and O–H groups in total. The van der Waals surface area contributed by atoms with Gasteiger partial charge in [0.15, 0.2) is 0 Å². The number of primary amides is 1. The van der Waals surface area contributed by atoms with Crippen LogP contribution < -0.4 is 20.1 Å². The monoisotopic (exact) mass is 405 g/mol. The maximum Gasteiger partial charge on any atom is 0.252 e. The molecule has 1 heterocycles. The highest BCUT2D eigenvalue weighted by Gasteiger charge is 2.29. The molecule has 1 aliphatic heterocycles. The van der Waals surface area contributed by atoms with Crippen LogP contribution in [0.2, 0.25) is 0 Å². The lowest BCUT2D eigenvalue weighted by Crippen LogP contribution is -2.48. The highest BCUT2D eigenvalue weighted by Crippen LogP contribution is 2.26. The van der Waals surface area contributed by atoms with Crippen LogP contribution in [0.4, 0.5) is 5.69 Å². The van der Waals surface area contributed by atoms with Gasteiger partial charge >= 0.3 is 0 Å². The van der Waals surface area contributed by atoms with Crippen molar-refractivity contribution < 1.29 is 22.7 Å². The molecule has 0 saturated carbocycles. The summed E-state index contributed by atoms with van der Waals surface area (Å²) in [5.41, 5.74) is 6.40. The molecule has 0 atom stereocenters. The topological polar surface area (TPSA) is 102 Å². The molecular formula is C19H23N3O5S. The van der Waals surface area contributed by atoms with Crippen LogP contribution in [0.5, 0.6) is 11.5 Å². The van der Waals surface area contributed by atoms with Gasteiger partial charge < -0.3 is 20.1 Å². The van der Waals surface area contributed by atoms with Crippen molar-refractivity contribution in [3.8, 4) is 11.5 Å². The van der Waals surface area contributed by atoms with Gasteiger partial charge in [0.2, 0.25) is 10.0 Å². The maximum absolute atomic E-state index is 13.0. The number of rotatable bonds is 6. The number of hydrogen-bond donors (Lipinski definition) is 1. The lowest BCUT2D eigenvalue weighted by molar-refractivity contribution is 0.0997. The highest BCUT2D eigenvalue weighted by molar-refractivity contribution is 7.89.